The van der Waals surface area contributed by atoms with Gasteiger partial charge in [0, 0.05) is 18.1 Å². The second kappa shape index (κ2) is 5.01. The fourth-order valence-corrected chi connectivity index (χ4v) is 3.17. The molecule has 8 nitrogen and oxygen atoms in total. The van der Waals surface area contributed by atoms with Gasteiger partial charge in [0.2, 0.25) is 11.7 Å². The molecular formula is C15H17N7O. The third-order valence-electron chi connectivity index (χ3n) is 4.27. The second-order valence-electron chi connectivity index (χ2n) is 5.66. The van der Waals surface area contributed by atoms with Crippen molar-refractivity contribution in [3.05, 3.63) is 36.4 Å². The number of hydrogen-bond donors (Lipinski definition) is 3. The number of nitrogen functional groups attached to an aromatic ring is 1. The fraction of sp³-hybridized carbons (Fsp3) is 0.267. The quantitative estimate of drug-likeness (QED) is 0.374. The standard InChI is InChI=1S/C15H17N7O/c16-15(17)21-7-3-6-12(21)14-19-13(20-23-14)10-8-22(18)11-5-2-1-4-9(10)11/h1-2,4-5,8,12H,3,6-7,18H2,(H3,16,17)/t12-/m0/s1. The van der Waals surface area contributed by atoms with E-state index in [1.807, 2.05) is 24.3 Å². The third-order valence-corrected chi connectivity index (χ3v) is 4.27. The first-order valence-corrected chi connectivity index (χ1v) is 7.45. The van der Waals surface area contributed by atoms with Crippen LogP contribution in [0.1, 0.15) is 24.8 Å². The van der Waals surface area contributed by atoms with Gasteiger partial charge in [-0.2, -0.15) is 4.98 Å². The number of aromatic nitrogens is 3. The van der Waals surface area contributed by atoms with E-state index < -0.39 is 0 Å². The molecule has 0 unspecified atom stereocenters. The highest BCUT2D eigenvalue weighted by atomic mass is 16.5. The van der Waals surface area contributed by atoms with Crippen LogP contribution in [0.4, 0.5) is 0 Å². The Balaban J connectivity index is 1.74. The zero-order chi connectivity index (χ0) is 16.0. The summed E-state index contributed by atoms with van der Waals surface area (Å²) in [7, 11) is 0. The summed E-state index contributed by atoms with van der Waals surface area (Å²) < 4.78 is 6.99. The molecule has 1 saturated heterocycles. The van der Waals surface area contributed by atoms with Gasteiger partial charge in [0.05, 0.1) is 11.1 Å². The lowest BCUT2D eigenvalue weighted by molar-refractivity contribution is 0.283. The Morgan fingerprint density at radius 3 is 3.00 bits per heavy atom. The molecule has 0 saturated carbocycles. The Hall–Kier alpha value is -3.03. The van der Waals surface area contributed by atoms with Gasteiger partial charge in [-0.3, -0.25) is 10.1 Å². The molecule has 8 heteroatoms. The molecule has 0 aliphatic carbocycles. The van der Waals surface area contributed by atoms with Crippen molar-refractivity contribution in [1.82, 2.24) is 19.7 Å². The van der Waals surface area contributed by atoms with E-state index in [1.54, 1.807) is 15.8 Å². The van der Waals surface area contributed by atoms with Gasteiger partial charge in [0.15, 0.2) is 5.96 Å². The molecule has 0 spiro atoms. The van der Waals surface area contributed by atoms with E-state index >= 15 is 0 Å². The smallest absolute Gasteiger partial charge is 0.249 e. The van der Waals surface area contributed by atoms with E-state index in [9.17, 15) is 0 Å². The molecule has 118 valence electrons. The number of nitrogens with zero attached hydrogens (tertiary/aromatic N) is 4. The fourth-order valence-electron chi connectivity index (χ4n) is 3.17. The highest BCUT2D eigenvalue weighted by Gasteiger charge is 2.32. The van der Waals surface area contributed by atoms with Gasteiger partial charge >= 0.3 is 0 Å². The minimum atomic E-state index is -0.125. The first-order chi connectivity index (χ1) is 11.1. The van der Waals surface area contributed by atoms with Crippen LogP contribution >= 0.6 is 0 Å². The number of rotatable bonds is 2. The molecule has 2 aromatic heterocycles. The van der Waals surface area contributed by atoms with Crippen molar-refractivity contribution < 1.29 is 4.52 Å². The Morgan fingerprint density at radius 1 is 1.35 bits per heavy atom. The number of hydrogen-bond acceptors (Lipinski definition) is 5. The highest BCUT2D eigenvalue weighted by molar-refractivity contribution is 5.94. The van der Waals surface area contributed by atoms with E-state index in [0.717, 1.165) is 35.9 Å². The molecule has 3 heterocycles. The van der Waals surface area contributed by atoms with Crippen LogP contribution in [0.3, 0.4) is 0 Å². The first-order valence-electron chi connectivity index (χ1n) is 7.45. The predicted molar refractivity (Wildman–Crippen MR) is 86.0 cm³/mol. The summed E-state index contributed by atoms with van der Waals surface area (Å²) in [6.07, 6.45) is 3.58. The Kier molecular flexibility index (Phi) is 2.97. The van der Waals surface area contributed by atoms with Crippen molar-refractivity contribution in [1.29, 1.82) is 5.41 Å². The molecule has 5 N–H and O–H groups in total. The topological polar surface area (TPSA) is 123 Å². The molecule has 0 amide bonds. The summed E-state index contributed by atoms with van der Waals surface area (Å²) in [5.41, 5.74) is 7.35. The normalized spacial score (nSPS) is 17.9. The molecule has 1 fully saturated rings. The van der Waals surface area contributed by atoms with Crippen LogP contribution in [0.5, 0.6) is 0 Å². The number of guanidine groups is 1. The van der Waals surface area contributed by atoms with Gasteiger partial charge in [-0.15, -0.1) is 0 Å². The van der Waals surface area contributed by atoms with Crippen LogP contribution in [-0.4, -0.2) is 32.2 Å². The van der Waals surface area contributed by atoms with Gasteiger partial charge in [0.25, 0.3) is 0 Å². The van der Waals surface area contributed by atoms with Gasteiger partial charge < -0.3 is 21.0 Å². The van der Waals surface area contributed by atoms with Crippen molar-refractivity contribution in [2.24, 2.45) is 5.73 Å². The van der Waals surface area contributed by atoms with Crippen molar-refractivity contribution in [2.45, 2.75) is 18.9 Å². The van der Waals surface area contributed by atoms with Gasteiger partial charge in [-0.1, -0.05) is 23.4 Å². The second-order valence-corrected chi connectivity index (χ2v) is 5.66. The average Bonchev–Trinajstić information content (AvgIpc) is 3.24. The van der Waals surface area contributed by atoms with Crippen LogP contribution < -0.4 is 11.6 Å². The minimum Gasteiger partial charge on any atom is -0.370 e. The van der Waals surface area contributed by atoms with Crippen molar-refractivity contribution in [3.8, 4) is 11.4 Å². The van der Waals surface area contributed by atoms with Gasteiger partial charge in [-0.25, -0.2) is 0 Å². The number of benzene rings is 1. The maximum Gasteiger partial charge on any atom is 0.249 e. The molecular weight excluding hydrogens is 294 g/mol. The Morgan fingerprint density at radius 2 is 2.17 bits per heavy atom. The monoisotopic (exact) mass is 311 g/mol. The van der Waals surface area contributed by atoms with Crippen LogP contribution in [0.25, 0.3) is 22.3 Å². The molecule has 1 aliphatic heterocycles. The van der Waals surface area contributed by atoms with E-state index in [2.05, 4.69) is 10.1 Å². The van der Waals surface area contributed by atoms with Crippen molar-refractivity contribution in [3.63, 3.8) is 0 Å². The third kappa shape index (κ3) is 2.10. The lowest BCUT2D eigenvalue weighted by Gasteiger charge is -2.21. The Bertz CT molecular complexity index is 881. The molecule has 23 heavy (non-hydrogen) atoms. The van der Waals surface area contributed by atoms with E-state index in [1.165, 1.54) is 0 Å². The molecule has 1 atom stereocenters. The maximum absolute atomic E-state index is 7.65. The zero-order valence-corrected chi connectivity index (χ0v) is 12.4. The number of nitrogens with one attached hydrogen (secondary N) is 1. The number of para-hydroxylation sites is 1. The highest BCUT2D eigenvalue weighted by Crippen LogP contribution is 2.33. The van der Waals surface area contributed by atoms with Crippen LogP contribution in [0.2, 0.25) is 0 Å². The first kappa shape index (κ1) is 13.6. The van der Waals surface area contributed by atoms with E-state index in [0.29, 0.717) is 11.7 Å². The molecule has 4 rings (SSSR count). The molecule has 0 bridgehead atoms. The molecule has 1 aromatic carbocycles. The van der Waals surface area contributed by atoms with Gasteiger partial charge in [-0.05, 0) is 18.9 Å². The number of nitrogens with two attached hydrogens (primary N) is 2. The average molecular weight is 311 g/mol. The zero-order valence-electron chi connectivity index (χ0n) is 12.4. The van der Waals surface area contributed by atoms with Crippen LogP contribution in [0, 0.1) is 5.41 Å². The van der Waals surface area contributed by atoms with Crippen molar-refractivity contribution in [2.75, 3.05) is 12.4 Å². The molecule has 0 radical (unpaired) electrons. The van der Waals surface area contributed by atoms with Crippen molar-refractivity contribution >= 4 is 16.9 Å². The summed E-state index contributed by atoms with van der Waals surface area (Å²) in [5, 5.41) is 12.7. The summed E-state index contributed by atoms with van der Waals surface area (Å²) in [6, 6.07) is 7.66. The van der Waals surface area contributed by atoms with E-state index in [-0.39, 0.29) is 12.0 Å². The summed E-state index contributed by atoms with van der Waals surface area (Å²) in [4.78, 5) is 6.30. The van der Waals surface area contributed by atoms with Crippen LogP contribution in [-0.2, 0) is 0 Å². The predicted octanol–water partition coefficient (Wildman–Crippen LogP) is 1.44. The van der Waals surface area contributed by atoms with E-state index in [4.69, 9.17) is 21.5 Å². The molecule has 1 aliphatic rings. The Labute approximate surface area is 132 Å². The lowest BCUT2D eigenvalue weighted by atomic mass is 10.1. The van der Waals surface area contributed by atoms with Crippen LogP contribution in [0.15, 0.2) is 35.0 Å². The lowest BCUT2D eigenvalue weighted by Crippen LogP contribution is -2.35. The van der Waals surface area contributed by atoms with Gasteiger partial charge in [0.1, 0.15) is 6.04 Å². The number of likely N-dealkylation sites (tertiary alicyclic amines) is 1. The maximum atomic E-state index is 7.65. The summed E-state index contributed by atoms with van der Waals surface area (Å²) >= 11 is 0. The number of fused-ring (bicyclic) bond motifs is 1. The molecule has 3 aromatic rings. The SMILES string of the molecule is N=C(N)N1CCC[C@H]1c1nc(-c2cn(N)c3ccccc23)no1. The summed E-state index contributed by atoms with van der Waals surface area (Å²) in [5.74, 6) is 7.00. The minimum absolute atomic E-state index is 0.0332. The summed E-state index contributed by atoms with van der Waals surface area (Å²) in [6.45, 7) is 0.736. The largest absolute Gasteiger partial charge is 0.370 e.